The number of halogens is 7. The zero-order valence-corrected chi connectivity index (χ0v) is 11.4. The molecule has 0 N–H and O–H groups in total. The van der Waals surface area contributed by atoms with Crippen molar-refractivity contribution in [3.8, 4) is 0 Å². The first-order valence-corrected chi connectivity index (χ1v) is 6.13. The molecule has 8 heteroatoms. The third kappa shape index (κ3) is 5.07. The normalized spacial score (nSPS) is 9.95. The van der Waals surface area contributed by atoms with Gasteiger partial charge in [0.2, 0.25) is 0 Å². The minimum atomic E-state index is -1.23. The third-order valence-electron chi connectivity index (χ3n) is 2.23. The van der Waals surface area contributed by atoms with E-state index in [-0.39, 0.29) is 0 Å². The summed E-state index contributed by atoms with van der Waals surface area (Å²) in [4.78, 5) is 10.8. The second-order valence-corrected chi connectivity index (χ2v) is 4.16. The van der Waals surface area contributed by atoms with Crippen LogP contribution in [0.2, 0.25) is 0 Å². The van der Waals surface area contributed by atoms with Gasteiger partial charge in [-0.2, -0.15) is 0 Å². The van der Waals surface area contributed by atoms with Gasteiger partial charge < -0.3 is 0 Å². The molecule has 0 saturated heterocycles. The van der Waals surface area contributed by atoms with Crippen molar-refractivity contribution in [2.24, 2.45) is 0 Å². The molecule has 0 heterocycles. The average molecular weight is 341 g/mol. The van der Waals surface area contributed by atoms with Gasteiger partial charge in [0.15, 0.2) is 5.78 Å². The molecule has 2 aromatic carbocycles. The lowest BCUT2D eigenvalue weighted by atomic mass is 10.1. The van der Waals surface area contributed by atoms with Crippen molar-refractivity contribution >= 4 is 17.4 Å². The number of hydrogen-bond acceptors (Lipinski definition) is 1. The number of rotatable bonds is 2. The fraction of sp³-hybridized carbons (Fsp3) is 0.0714. The van der Waals surface area contributed by atoms with E-state index >= 15 is 0 Å². The molecule has 0 aliphatic rings. The number of Topliss-reactive ketones (excluding diaryl/α,β-unsaturated/α-hetero) is 1. The highest BCUT2D eigenvalue weighted by Crippen LogP contribution is 2.15. The molecule has 0 fully saturated rings. The molecule has 0 bridgehead atoms. The summed E-state index contributed by atoms with van der Waals surface area (Å²) in [5.74, 6) is -7.67. The molecule has 1 nitrogen and oxygen atoms in total. The van der Waals surface area contributed by atoms with E-state index in [9.17, 15) is 31.1 Å². The zero-order valence-electron chi connectivity index (χ0n) is 10.6. The van der Waals surface area contributed by atoms with Gasteiger partial charge in [0, 0.05) is 30.3 Å². The Morgan fingerprint density at radius 3 is 1.36 bits per heavy atom. The molecule has 0 atom stereocenters. The summed E-state index contributed by atoms with van der Waals surface area (Å²) in [5, 5.41) is 0. The maximum absolute atomic E-state index is 12.8. The van der Waals surface area contributed by atoms with E-state index in [1.54, 1.807) is 0 Å². The molecule has 0 saturated carbocycles. The number of hydrogen-bond donors (Lipinski definition) is 0. The van der Waals surface area contributed by atoms with E-state index in [0.717, 1.165) is 0 Å². The van der Waals surface area contributed by atoms with E-state index < -0.39 is 52.1 Å². The summed E-state index contributed by atoms with van der Waals surface area (Å²) < 4.78 is 73.8. The molecule has 0 aliphatic heterocycles. The summed E-state index contributed by atoms with van der Waals surface area (Å²) in [6.07, 6.45) is 0. The van der Waals surface area contributed by atoms with E-state index in [2.05, 4.69) is 0 Å². The van der Waals surface area contributed by atoms with E-state index in [1.807, 2.05) is 0 Å². The largest absolute Gasteiger partial charge is 0.293 e. The van der Waals surface area contributed by atoms with Crippen LogP contribution in [-0.4, -0.2) is 11.7 Å². The van der Waals surface area contributed by atoms with Gasteiger partial charge in [0.25, 0.3) is 0 Å². The fourth-order valence-electron chi connectivity index (χ4n) is 1.40. The lowest BCUT2D eigenvalue weighted by Gasteiger charge is -2.01. The second kappa shape index (κ2) is 7.84. The lowest BCUT2D eigenvalue weighted by molar-refractivity contribution is 0.101. The average Bonchev–Trinajstić information content (AvgIpc) is 2.36. The van der Waals surface area contributed by atoms with Crippen molar-refractivity contribution in [1.82, 2.24) is 0 Å². The van der Waals surface area contributed by atoms with Crippen molar-refractivity contribution in [2.45, 2.75) is 0 Å². The molecule has 0 radical (unpaired) electrons. The molecule has 0 amide bonds. The maximum Gasteiger partial charge on any atom is 0.183 e. The first-order chi connectivity index (χ1) is 10.2. The molecule has 2 rings (SSSR count). The SMILES string of the molecule is Fc1cc(F)cc(F)c1.O=C(CCl)c1c(F)cc(F)cc1F. The Kier molecular flexibility index (Phi) is 6.42. The smallest absolute Gasteiger partial charge is 0.183 e. The van der Waals surface area contributed by atoms with Crippen LogP contribution in [0.15, 0.2) is 30.3 Å². The molecule has 0 unspecified atom stereocenters. The van der Waals surface area contributed by atoms with Crippen molar-refractivity contribution in [1.29, 1.82) is 0 Å². The van der Waals surface area contributed by atoms with Gasteiger partial charge in [-0.3, -0.25) is 4.79 Å². The van der Waals surface area contributed by atoms with Crippen LogP contribution in [0.1, 0.15) is 10.4 Å². The van der Waals surface area contributed by atoms with Crippen molar-refractivity contribution < 1.29 is 31.1 Å². The van der Waals surface area contributed by atoms with Gasteiger partial charge in [0.1, 0.15) is 34.9 Å². The summed E-state index contributed by atoms with van der Waals surface area (Å²) in [6, 6.07) is 2.71. The van der Waals surface area contributed by atoms with Crippen LogP contribution in [0.4, 0.5) is 26.3 Å². The maximum atomic E-state index is 12.8. The highest BCUT2D eigenvalue weighted by atomic mass is 35.5. The van der Waals surface area contributed by atoms with Gasteiger partial charge in [0.05, 0.1) is 11.4 Å². The van der Waals surface area contributed by atoms with Gasteiger partial charge in [-0.25, -0.2) is 26.3 Å². The van der Waals surface area contributed by atoms with Crippen LogP contribution in [0.5, 0.6) is 0 Å². The Bertz CT molecular complexity index is 616. The standard InChI is InChI=1S/C8H4ClF3O.C6H3F3/c9-3-7(13)8-5(11)1-4(10)2-6(8)12;7-4-1-5(8)3-6(9)2-4/h1-2H,3H2;1-3H. The molecule has 22 heavy (non-hydrogen) atoms. The Morgan fingerprint density at radius 2 is 1.05 bits per heavy atom. The van der Waals surface area contributed by atoms with Gasteiger partial charge in [-0.1, -0.05) is 0 Å². The van der Waals surface area contributed by atoms with Crippen LogP contribution < -0.4 is 0 Å². The number of carbonyl (C=O) groups excluding carboxylic acids is 1. The summed E-state index contributed by atoms with van der Waals surface area (Å²) >= 11 is 5.09. The van der Waals surface area contributed by atoms with Crippen LogP contribution in [0.3, 0.4) is 0 Å². The molecule has 0 aliphatic carbocycles. The highest BCUT2D eigenvalue weighted by Gasteiger charge is 2.17. The second-order valence-electron chi connectivity index (χ2n) is 3.89. The van der Waals surface area contributed by atoms with Crippen molar-refractivity contribution in [3.63, 3.8) is 0 Å². The number of ketones is 1. The van der Waals surface area contributed by atoms with Crippen LogP contribution in [0, 0.1) is 34.9 Å². The Labute approximate surface area is 126 Å². The van der Waals surface area contributed by atoms with Crippen molar-refractivity contribution in [2.75, 3.05) is 5.88 Å². The number of carbonyl (C=O) groups is 1. The highest BCUT2D eigenvalue weighted by molar-refractivity contribution is 6.30. The minimum Gasteiger partial charge on any atom is -0.293 e. The van der Waals surface area contributed by atoms with Gasteiger partial charge in [-0.15, -0.1) is 11.6 Å². The predicted octanol–water partition coefficient (Wildman–Crippen LogP) is 4.63. The molecule has 118 valence electrons. The summed E-state index contributed by atoms with van der Waals surface area (Å²) in [7, 11) is 0. The van der Waals surface area contributed by atoms with Crippen LogP contribution in [-0.2, 0) is 0 Å². The predicted molar refractivity (Wildman–Crippen MR) is 67.7 cm³/mol. The van der Waals surface area contributed by atoms with E-state index in [1.165, 1.54) is 0 Å². The van der Waals surface area contributed by atoms with E-state index in [4.69, 9.17) is 11.6 Å². The zero-order chi connectivity index (χ0) is 16.9. The van der Waals surface area contributed by atoms with E-state index in [0.29, 0.717) is 30.3 Å². The Hall–Kier alpha value is -2.02. The first-order valence-electron chi connectivity index (χ1n) is 5.60. The monoisotopic (exact) mass is 340 g/mol. The minimum absolute atomic E-state index is 0.433. The molecule has 2 aromatic rings. The van der Waals surface area contributed by atoms with Gasteiger partial charge in [-0.05, 0) is 0 Å². The van der Waals surface area contributed by atoms with Gasteiger partial charge >= 0.3 is 0 Å². The first kappa shape index (κ1) is 18.0. The van der Waals surface area contributed by atoms with Crippen LogP contribution >= 0.6 is 11.6 Å². The quantitative estimate of drug-likeness (QED) is 0.442. The Morgan fingerprint density at radius 1 is 0.727 bits per heavy atom. The van der Waals surface area contributed by atoms with Crippen molar-refractivity contribution in [3.05, 3.63) is 70.8 Å². The Balaban J connectivity index is 0.000000235. The number of alkyl halides is 1. The number of benzene rings is 2. The van der Waals surface area contributed by atoms with Crippen LogP contribution in [0.25, 0.3) is 0 Å². The molecular formula is C14H7ClF6O. The third-order valence-corrected chi connectivity index (χ3v) is 2.48. The molecular weight excluding hydrogens is 334 g/mol. The summed E-state index contributed by atoms with van der Waals surface area (Å²) in [5.41, 5.74) is -0.795. The lowest BCUT2D eigenvalue weighted by Crippen LogP contribution is -2.07. The summed E-state index contributed by atoms with van der Waals surface area (Å²) in [6.45, 7) is 0. The fourth-order valence-corrected chi connectivity index (χ4v) is 1.53. The molecule has 0 spiro atoms. The molecule has 0 aromatic heterocycles. The topological polar surface area (TPSA) is 17.1 Å².